The van der Waals surface area contributed by atoms with E-state index in [4.69, 9.17) is 0 Å². The Morgan fingerprint density at radius 1 is 0.935 bits per heavy atom. The van der Waals surface area contributed by atoms with Crippen molar-refractivity contribution in [3.8, 4) is 0 Å². The first kappa shape index (κ1) is 20.2. The van der Waals surface area contributed by atoms with Crippen LogP contribution in [-0.4, -0.2) is 21.2 Å². The second kappa shape index (κ2) is 8.75. The van der Waals surface area contributed by atoms with Gasteiger partial charge in [0.15, 0.2) is 5.78 Å². The highest BCUT2D eigenvalue weighted by molar-refractivity contribution is 6.17. The summed E-state index contributed by atoms with van der Waals surface area (Å²) < 4.78 is 15.2. The third-order valence-corrected chi connectivity index (χ3v) is 5.01. The van der Waals surface area contributed by atoms with Crippen molar-refractivity contribution in [1.82, 2.24) is 9.55 Å². The maximum absolute atomic E-state index is 13.2. The SMILES string of the molecule is Cc1nccn1Cc1ccc(NC(=O)c2ccccc2C(=O)c2ccc(F)cc2)cc1. The zero-order chi connectivity index (χ0) is 21.8. The lowest BCUT2D eigenvalue weighted by Crippen LogP contribution is -2.17. The molecule has 154 valence electrons. The van der Waals surface area contributed by atoms with Crippen molar-refractivity contribution >= 4 is 17.4 Å². The Hall–Kier alpha value is -4.06. The maximum atomic E-state index is 13.2. The number of halogens is 1. The van der Waals surface area contributed by atoms with E-state index < -0.39 is 5.82 Å². The molecule has 0 aliphatic heterocycles. The van der Waals surface area contributed by atoms with Crippen molar-refractivity contribution in [2.24, 2.45) is 0 Å². The van der Waals surface area contributed by atoms with Crippen LogP contribution in [0.1, 0.15) is 37.7 Å². The first-order valence-electron chi connectivity index (χ1n) is 9.78. The minimum Gasteiger partial charge on any atom is -0.331 e. The van der Waals surface area contributed by atoms with E-state index in [0.717, 1.165) is 11.4 Å². The summed E-state index contributed by atoms with van der Waals surface area (Å²) in [6.07, 6.45) is 3.68. The van der Waals surface area contributed by atoms with E-state index in [1.54, 1.807) is 30.5 Å². The fourth-order valence-electron chi connectivity index (χ4n) is 3.30. The summed E-state index contributed by atoms with van der Waals surface area (Å²) in [4.78, 5) is 29.9. The molecule has 0 radical (unpaired) electrons. The summed E-state index contributed by atoms with van der Waals surface area (Å²) in [5.74, 6) is -0.213. The number of benzene rings is 3. The summed E-state index contributed by atoms with van der Waals surface area (Å²) in [5, 5.41) is 2.84. The highest BCUT2D eigenvalue weighted by atomic mass is 19.1. The average molecular weight is 413 g/mol. The number of imidazole rings is 1. The minimum atomic E-state index is -0.422. The number of nitrogens with zero attached hydrogens (tertiary/aromatic N) is 2. The second-order valence-corrected chi connectivity index (χ2v) is 7.14. The fourth-order valence-corrected chi connectivity index (χ4v) is 3.30. The molecule has 6 heteroatoms. The molecule has 0 aliphatic carbocycles. The smallest absolute Gasteiger partial charge is 0.256 e. The highest BCUT2D eigenvalue weighted by Gasteiger charge is 2.18. The van der Waals surface area contributed by atoms with Gasteiger partial charge in [-0.1, -0.05) is 30.3 Å². The van der Waals surface area contributed by atoms with Crippen LogP contribution in [0.3, 0.4) is 0 Å². The Bertz CT molecular complexity index is 1230. The first-order chi connectivity index (χ1) is 15.0. The summed E-state index contributed by atoms with van der Waals surface area (Å²) in [6.45, 7) is 2.63. The van der Waals surface area contributed by atoms with E-state index in [1.165, 1.54) is 24.3 Å². The maximum Gasteiger partial charge on any atom is 0.256 e. The average Bonchev–Trinajstić information content (AvgIpc) is 3.19. The molecular weight excluding hydrogens is 393 g/mol. The molecule has 0 unspecified atom stereocenters. The van der Waals surface area contributed by atoms with Crippen LogP contribution < -0.4 is 5.32 Å². The number of carbonyl (C=O) groups excluding carboxylic acids is 2. The Balaban J connectivity index is 1.51. The third kappa shape index (κ3) is 4.59. The predicted molar refractivity (Wildman–Crippen MR) is 117 cm³/mol. The summed E-state index contributed by atoms with van der Waals surface area (Å²) in [5.41, 5.74) is 2.54. The van der Waals surface area contributed by atoms with Crippen molar-refractivity contribution in [1.29, 1.82) is 0 Å². The zero-order valence-electron chi connectivity index (χ0n) is 16.9. The van der Waals surface area contributed by atoms with Crippen LogP contribution in [0, 0.1) is 12.7 Å². The van der Waals surface area contributed by atoms with Gasteiger partial charge in [-0.25, -0.2) is 9.37 Å². The van der Waals surface area contributed by atoms with E-state index in [2.05, 4.69) is 10.3 Å². The predicted octanol–water partition coefficient (Wildman–Crippen LogP) is 4.86. The van der Waals surface area contributed by atoms with E-state index in [1.807, 2.05) is 42.0 Å². The van der Waals surface area contributed by atoms with Crippen molar-refractivity contribution in [2.45, 2.75) is 13.5 Å². The van der Waals surface area contributed by atoms with E-state index in [0.29, 0.717) is 17.8 Å². The Morgan fingerprint density at radius 3 is 2.26 bits per heavy atom. The standard InChI is InChI=1S/C25H20FN3O2/c1-17-27-14-15-29(17)16-18-6-12-21(13-7-18)28-25(31)23-5-3-2-4-22(23)24(30)19-8-10-20(26)11-9-19/h2-15H,16H2,1H3,(H,28,31). The van der Waals surface area contributed by atoms with Gasteiger partial charge in [-0.15, -0.1) is 0 Å². The molecular formula is C25H20FN3O2. The molecule has 0 bridgehead atoms. The van der Waals surface area contributed by atoms with Crippen LogP contribution in [-0.2, 0) is 6.54 Å². The molecule has 0 aliphatic rings. The minimum absolute atomic E-state index is 0.259. The van der Waals surface area contributed by atoms with Gasteiger partial charge in [0, 0.05) is 35.8 Å². The number of nitrogens with one attached hydrogen (secondary N) is 1. The van der Waals surface area contributed by atoms with Crippen LogP contribution in [0.4, 0.5) is 10.1 Å². The van der Waals surface area contributed by atoms with Crippen LogP contribution in [0.15, 0.2) is 85.2 Å². The van der Waals surface area contributed by atoms with Gasteiger partial charge in [0.1, 0.15) is 11.6 Å². The second-order valence-electron chi connectivity index (χ2n) is 7.14. The largest absolute Gasteiger partial charge is 0.331 e. The Morgan fingerprint density at radius 2 is 1.61 bits per heavy atom. The lowest BCUT2D eigenvalue weighted by molar-refractivity contribution is 0.0996. The molecule has 1 N–H and O–H groups in total. The molecule has 4 rings (SSSR count). The van der Waals surface area contributed by atoms with Crippen LogP contribution in [0.2, 0.25) is 0 Å². The molecule has 0 spiro atoms. The number of aromatic nitrogens is 2. The number of hydrogen-bond acceptors (Lipinski definition) is 3. The molecule has 1 amide bonds. The molecule has 31 heavy (non-hydrogen) atoms. The lowest BCUT2D eigenvalue weighted by atomic mass is 9.98. The van der Waals surface area contributed by atoms with Gasteiger partial charge >= 0.3 is 0 Å². The number of rotatable bonds is 6. The topological polar surface area (TPSA) is 64.0 Å². The molecule has 3 aromatic carbocycles. The van der Waals surface area contributed by atoms with E-state index in [-0.39, 0.29) is 22.8 Å². The van der Waals surface area contributed by atoms with Crippen molar-refractivity contribution < 1.29 is 14.0 Å². The molecule has 0 atom stereocenters. The van der Waals surface area contributed by atoms with Gasteiger partial charge in [0.05, 0.1) is 5.56 Å². The molecule has 0 saturated heterocycles. The van der Waals surface area contributed by atoms with Crippen molar-refractivity contribution in [3.63, 3.8) is 0 Å². The van der Waals surface area contributed by atoms with Gasteiger partial charge in [-0.3, -0.25) is 9.59 Å². The van der Waals surface area contributed by atoms with Gasteiger partial charge in [0.25, 0.3) is 5.91 Å². The van der Waals surface area contributed by atoms with Crippen molar-refractivity contribution in [2.75, 3.05) is 5.32 Å². The molecule has 1 heterocycles. The lowest BCUT2D eigenvalue weighted by Gasteiger charge is -2.11. The number of carbonyl (C=O) groups is 2. The van der Waals surface area contributed by atoms with E-state index in [9.17, 15) is 14.0 Å². The molecule has 4 aromatic rings. The zero-order valence-corrected chi connectivity index (χ0v) is 16.9. The van der Waals surface area contributed by atoms with Gasteiger partial charge in [-0.2, -0.15) is 0 Å². The number of anilines is 1. The van der Waals surface area contributed by atoms with Crippen molar-refractivity contribution in [3.05, 3.63) is 119 Å². The van der Waals surface area contributed by atoms with Gasteiger partial charge < -0.3 is 9.88 Å². The van der Waals surface area contributed by atoms with Crippen LogP contribution in [0.25, 0.3) is 0 Å². The fraction of sp³-hybridized carbons (Fsp3) is 0.0800. The monoisotopic (exact) mass is 413 g/mol. The van der Waals surface area contributed by atoms with Crippen LogP contribution >= 0.6 is 0 Å². The summed E-state index contributed by atoms with van der Waals surface area (Å²) >= 11 is 0. The Kier molecular flexibility index (Phi) is 5.71. The third-order valence-electron chi connectivity index (χ3n) is 5.01. The summed E-state index contributed by atoms with van der Waals surface area (Å²) in [7, 11) is 0. The summed E-state index contributed by atoms with van der Waals surface area (Å²) in [6, 6.07) is 19.4. The highest BCUT2D eigenvalue weighted by Crippen LogP contribution is 2.18. The normalized spacial score (nSPS) is 10.6. The number of ketones is 1. The molecule has 0 saturated carbocycles. The number of aryl methyl sites for hydroxylation is 1. The molecule has 5 nitrogen and oxygen atoms in total. The van der Waals surface area contributed by atoms with Gasteiger partial charge in [0.2, 0.25) is 0 Å². The number of hydrogen-bond donors (Lipinski definition) is 1. The molecule has 1 aromatic heterocycles. The molecule has 0 fully saturated rings. The quantitative estimate of drug-likeness (QED) is 0.459. The van der Waals surface area contributed by atoms with E-state index >= 15 is 0 Å². The number of amides is 1. The first-order valence-corrected chi connectivity index (χ1v) is 9.78. The Labute approximate surface area is 179 Å². The van der Waals surface area contributed by atoms with Crippen LogP contribution in [0.5, 0.6) is 0 Å². The van der Waals surface area contributed by atoms with Gasteiger partial charge in [-0.05, 0) is 55.0 Å².